The molecule has 1 aromatic rings. The van der Waals surface area contributed by atoms with E-state index in [2.05, 4.69) is 11.8 Å². The number of carbonyl (C=O) groups excluding carboxylic acids is 2. The summed E-state index contributed by atoms with van der Waals surface area (Å²) in [6, 6.07) is 9.61. The summed E-state index contributed by atoms with van der Waals surface area (Å²) >= 11 is 0. The molecule has 0 aromatic heterocycles. The molecule has 252 valence electrons. The lowest BCUT2D eigenvalue weighted by Crippen LogP contribution is -2.79. The smallest absolute Gasteiger partial charge is 0.331 e. The van der Waals surface area contributed by atoms with E-state index < -0.39 is 34.6 Å². The molecule has 0 amide bonds. The number of nitrogens with zero attached hydrogens (tertiary/aromatic N) is 1. The van der Waals surface area contributed by atoms with E-state index in [1.54, 1.807) is 34.5 Å². The average Bonchev–Trinajstić information content (AvgIpc) is 3.46. The Hall–Kier alpha value is -2.34. The molecule has 1 N–H and O–H groups in total. The van der Waals surface area contributed by atoms with Gasteiger partial charge in [0.05, 0.1) is 31.0 Å². The van der Waals surface area contributed by atoms with E-state index in [0.717, 1.165) is 18.5 Å². The molecule has 5 aliphatic carbocycles. The zero-order valence-electron chi connectivity index (χ0n) is 27.8. The molecular formula is C36H49NO9. The van der Waals surface area contributed by atoms with Gasteiger partial charge in [-0.1, -0.05) is 37.3 Å². The van der Waals surface area contributed by atoms with E-state index in [1.807, 2.05) is 30.3 Å². The fourth-order valence-electron chi connectivity index (χ4n) is 12.3. The molecule has 0 radical (unpaired) electrons. The van der Waals surface area contributed by atoms with Gasteiger partial charge in [-0.3, -0.25) is 9.69 Å². The first-order valence-electron chi connectivity index (χ1n) is 16.8. The van der Waals surface area contributed by atoms with Crippen molar-refractivity contribution in [2.75, 3.05) is 48.1 Å². The number of carbonyl (C=O) groups is 2. The minimum Gasteiger partial charge on any atom is -0.462 e. The molecule has 1 aromatic carbocycles. The second-order valence-electron chi connectivity index (χ2n) is 14.6. The third-order valence-electron chi connectivity index (χ3n) is 13.2. The van der Waals surface area contributed by atoms with Crippen LogP contribution in [0.25, 0.3) is 6.08 Å². The van der Waals surface area contributed by atoms with Gasteiger partial charge in [0.1, 0.15) is 11.7 Å². The van der Waals surface area contributed by atoms with Crippen molar-refractivity contribution in [3.63, 3.8) is 0 Å². The summed E-state index contributed by atoms with van der Waals surface area (Å²) in [5, 5.41) is 12.1. The quantitative estimate of drug-likeness (QED) is 0.303. The monoisotopic (exact) mass is 639 g/mol. The van der Waals surface area contributed by atoms with Crippen LogP contribution in [-0.2, 0) is 38.0 Å². The zero-order chi connectivity index (χ0) is 32.6. The summed E-state index contributed by atoms with van der Waals surface area (Å²) in [6.45, 7) is 5.35. The van der Waals surface area contributed by atoms with Crippen LogP contribution in [0.1, 0.15) is 38.7 Å². The number of esters is 2. The maximum Gasteiger partial charge on any atom is 0.331 e. The summed E-state index contributed by atoms with van der Waals surface area (Å²) in [4.78, 5) is 29.3. The van der Waals surface area contributed by atoms with Gasteiger partial charge in [0, 0.05) is 101 Å². The highest BCUT2D eigenvalue weighted by atomic mass is 16.6. The lowest BCUT2D eigenvalue weighted by molar-refractivity contribution is -0.297. The molecule has 10 nitrogen and oxygen atoms in total. The SMILES string of the molecule is CCN1C[C@]2(COC)[C@H](O)C[C@H](OC)[C@@]34[C@@H]5C[C@H]6[C@H](OC(C)=O)[C@@H]5[C@](OC(=O)C=Cc5ccccc5)(C[C@@H]6OC)[C@@H]([C@H](OC)[C@H]23)[C@@H]14. The van der Waals surface area contributed by atoms with Gasteiger partial charge in [-0.05, 0) is 30.5 Å². The van der Waals surface area contributed by atoms with Gasteiger partial charge in [0.2, 0.25) is 0 Å². The Morgan fingerprint density at radius 3 is 2.41 bits per heavy atom. The highest BCUT2D eigenvalue weighted by Gasteiger charge is 2.89. The van der Waals surface area contributed by atoms with Crippen molar-refractivity contribution < 1.29 is 43.1 Å². The number of aliphatic hydroxyl groups excluding tert-OH is 1. The zero-order valence-corrected chi connectivity index (χ0v) is 27.8. The number of fused-ring (bicyclic) bond motifs is 2. The molecule has 1 heterocycles. The van der Waals surface area contributed by atoms with Gasteiger partial charge in [-0.25, -0.2) is 4.79 Å². The number of ether oxygens (including phenoxy) is 6. The van der Waals surface area contributed by atoms with Gasteiger partial charge >= 0.3 is 11.9 Å². The van der Waals surface area contributed by atoms with E-state index in [4.69, 9.17) is 28.4 Å². The van der Waals surface area contributed by atoms with Gasteiger partial charge < -0.3 is 33.5 Å². The van der Waals surface area contributed by atoms with Gasteiger partial charge in [0.15, 0.2) is 0 Å². The molecule has 0 unspecified atom stereocenters. The van der Waals surface area contributed by atoms with E-state index >= 15 is 0 Å². The number of benzene rings is 1. The predicted octanol–water partition coefficient (Wildman–Crippen LogP) is 2.96. The number of hydrogen-bond acceptors (Lipinski definition) is 10. The van der Waals surface area contributed by atoms with Crippen LogP contribution in [0.4, 0.5) is 0 Å². The molecule has 14 atom stereocenters. The summed E-state index contributed by atoms with van der Waals surface area (Å²) in [6.07, 6.45) is 2.81. The maximum absolute atomic E-state index is 14.1. The first-order valence-corrected chi connectivity index (χ1v) is 16.8. The highest BCUT2D eigenvalue weighted by Crippen LogP contribution is 2.80. The van der Waals surface area contributed by atoms with Crippen molar-refractivity contribution in [3.8, 4) is 0 Å². The van der Waals surface area contributed by atoms with Crippen LogP contribution in [0.15, 0.2) is 36.4 Å². The normalized spacial score (nSPS) is 46.8. The molecule has 7 rings (SSSR count). The average molecular weight is 640 g/mol. The van der Waals surface area contributed by atoms with E-state index in [0.29, 0.717) is 26.0 Å². The topological polar surface area (TPSA) is 113 Å². The van der Waals surface area contributed by atoms with Gasteiger partial charge in [0.25, 0.3) is 0 Å². The standard InChI is InChI=1S/C36H49NO9/c1-7-37-18-34(19-41-3)25(39)16-26(43-5)36-23-15-22-24(42-4)17-35(28(23)30(22)45-20(2)38,29(33(36)37)31(44-6)32(34)36)46-27(40)14-13-21-11-9-8-10-12-21/h8-14,22-26,28-33,39H,7,15-19H2,1-6H3/t22-,23-,24+,25-,26+,28-,29+,30+,31+,32-,33-,34+,35-,36+/m1/s1. The summed E-state index contributed by atoms with van der Waals surface area (Å²) < 4.78 is 38.4. The van der Waals surface area contributed by atoms with Gasteiger partial charge in [-0.15, -0.1) is 0 Å². The van der Waals surface area contributed by atoms with Crippen molar-refractivity contribution in [1.82, 2.24) is 4.90 Å². The Balaban J connectivity index is 1.46. The van der Waals surface area contributed by atoms with Crippen LogP contribution < -0.4 is 0 Å². The van der Waals surface area contributed by atoms with Crippen LogP contribution >= 0.6 is 0 Å². The molecule has 1 saturated heterocycles. The molecule has 1 spiro atoms. The van der Waals surface area contributed by atoms with Crippen LogP contribution in [-0.4, -0.2) is 112 Å². The molecular weight excluding hydrogens is 590 g/mol. The molecule has 46 heavy (non-hydrogen) atoms. The lowest BCUT2D eigenvalue weighted by Gasteiger charge is -2.70. The Morgan fingerprint density at radius 2 is 1.78 bits per heavy atom. The number of methoxy groups -OCH3 is 4. The van der Waals surface area contributed by atoms with Crippen LogP contribution in [0.3, 0.4) is 0 Å². The number of rotatable bonds is 10. The second kappa shape index (κ2) is 11.7. The molecule has 10 heteroatoms. The minimum absolute atomic E-state index is 0.0534. The third-order valence-corrected chi connectivity index (χ3v) is 13.2. The minimum atomic E-state index is -1.07. The van der Waals surface area contributed by atoms with E-state index in [9.17, 15) is 14.7 Å². The maximum atomic E-state index is 14.1. The molecule has 1 aliphatic heterocycles. The predicted molar refractivity (Wildman–Crippen MR) is 167 cm³/mol. The Labute approximate surface area is 271 Å². The first-order chi connectivity index (χ1) is 22.2. The van der Waals surface area contributed by atoms with E-state index in [-0.39, 0.29) is 59.9 Å². The number of piperidine rings is 1. The molecule has 5 saturated carbocycles. The van der Waals surface area contributed by atoms with Crippen molar-refractivity contribution in [1.29, 1.82) is 0 Å². The van der Waals surface area contributed by atoms with Crippen molar-refractivity contribution in [3.05, 3.63) is 42.0 Å². The molecule has 7 bridgehead atoms. The number of aliphatic hydroxyl groups is 1. The summed E-state index contributed by atoms with van der Waals surface area (Å²) in [5.41, 5.74) is -1.27. The van der Waals surface area contributed by atoms with Crippen LogP contribution in [0.5, 0.6) is 0 Å². The van der Waals surface area contributed by atoms with Crippen LogP contribution in [0.2, 0.25) is 0 Å². The van der Waals surface area contributed by atoms with Gasteiger partial charge in [-0.2, -0.15) is 0 Å². The third kappa shape index (κ3) is 4.10. The second-order valence-corrected chi connectivity index (χ2v) is 14.6. The Morgan fingerprint density at radius 1 is 1.02 bits per heavy atom. The van der Waals surface area contributed by atoms with Crippen molar-refractivity contribution >= 4 is 18.0 Å². The highest BCUT2D eigenvalue weighted by molar-refractivity contribution is 5.87. The number of likely N-dealkylation sites (tertiary alicyclic amines) is 1. The number of hydrogen-bond donors (Lipinski definition) is 1. The van der Waals surface area contributed by atoms with E-state index in [1.165, 1.54) is 13.0 Å². The Kier molecular flexibility index (Phi) is 8.17. The Bertz CT molecular complexity index is 1360. The molecule has 6 aliphatic rings. The van der Waals surface area contributed by atoms with Crippen LogP contribution in [0, 0.1) is 40.4 Å². The largest absolute Gasteiger partial charge is 0.462 e. The fraction of sp³-hybridized carbons (Fsp3) is 0.722. The van der Waals surface area contributed by atoms with Crippen molar-refractivity contribution in [2.45, 2.75) is 75.3 Å². The molecule has 6 fully saturated rings. The first kappa shape index (κ1) is 32.2. The summed E-state index contributed by atoms with van der Waals surface area (Å²) in [7, 11) is 6.88. The fourth-order valence-corrected chi connectivity index (χ4v) is 12.3. The summed E-state index contributed by atoms with van der Waals surface area (Å²) in [5.74, 6) is -1.66. The van der Waals surface area contributed by atoms with Crippen molar-refractivity contribution in [2.24, 2.45) is 40.4 Å². The lowest BCUT2D eigenvalue weighted by atomic mass is 9.42.